The predicted molar refractivity (Wildman–Crippen MR) is 78.9 cm³/mol. The Morgan fingerprint density at radius 3 is 2.18 bits per heavy atom. The normalized spacial score (nSPS) is 11.3. The van der Waals surface area contributed by atoms with Crippen molar-refractivity contribution >= 4 is 33.0 Å². The maximum absolute atomic E-state index is 13.1. The van der Waals surface area contributed by atoms with E-state index in [9.17, 15) is 22.0 Å². The zero-order valence-electron chi connectivity index (χ0n) is 11.2. The van der Waals surface area contributed by atoms with E-state index in [-0.39, 0.29) is 21.2 Å². The topological polar surface area (TPSA) is 63.2 Å². The molecule has 0 fully saturated rings. The Balaban J connectivity index is 2.27. The lowest BCUT2D eigenvalue weighted by Gasteiger charge is -2.08. The molecule has 8 heteroatoms. The third-order valence-electron chi connectivity index (χ3n) is 2.71. The van der Waals surface area contributed by atoms with Crippen molar-refractivity contribution < 1.29 is 22.0 Å². The lowest BCUT2D eigenvalue weighted by Crippen LogP contribution is -2.12. The highest BCUT2D eigenvalue weighted by molar-refractivity contribution is 7.90. The van der Waals surface area contributed by atoms with Crippen LogP contribution < -0.4 is 5.32 Å². The lowest BCUT2D eigenvalue weighted by molar-refractivity contribution is 0.102. The van der Waals surface area contributed by atoms with Gasteiger partial charge in [-0.3, -0.25) is 4.79 Å². The van der Waals surface area contributed by atoms with Crippen LogP contribution in [0.3, 0.4) is 0 Å². The molecule has 1 amide bonds. The van der Waals surface area contributed by atoms with Crippen molar-refractivity contribution in [3.8, 4) is 0 Å². The van der Waals surface area contributed by atoms with E-state index < -0.39 is 27.4 Å². The molecule has 2 rings (SSSR count). The molecule has 0 saturated heterocycles. The summed E-state index contributed by atoms with van der Waals surface area (Å²) in [4.78, 5) is 11.8. The predicted octanol–water partition coefficient (Wildman–Crippen LogP) is 3.27. The maximum Gasteiger partial charge on any atom is 0.255 e. The fraction of sp³-hybridized carbons (Fsp3) is 0.0714. The molecule has 0 aromatic heterocycles. The lowest BCUT2D eigenvalue weighted by atomic mass is 10.2. The van der Waals surface area contributed by atoms with Crippen LogP contribution in [0.25, 0.3) is 0 Å². The molecule has 1 N–H and O–H groups in total. The number of nitrogens with one attached hydrogen (secondary N) is 1. The number of benzene rings is 2. The molecule has 2 aromatic rings. The number of hydrogen-bond acceptors (Lipinski definition) is 3. The fourth-order valence-electron chi connectivity index (χ4n) is 1.77. The van der Waals surface area contributed by atoms with Crippen LogP contribution in [-0.2, 0) is 9.84 Å². The van der Waals surface area contributed by atoms with E-state index in [4.69, 9.17) is 11.6 Å². The zero-order valence-corrected chi connectivity index (χ0v) is 12.8. The van der Waals surface area contributed by atoms with Crippen molar-refractivity contribution in [2.45, 2.75) is 4.90 Å². The molecule has 2 aromatic carbocycles. The second kappa shape index (κ2) is 6.02. The first-order valence-corrected chi connectivity index (χ1v) is 8.21. The van der Waals surface area contributed by atoms with Gasteiger partial charge in [-0.15, -0.1) is 0 Å². The van der Waals surface area contributed by atoms with E-state index >= 15 is 0 Å². The first-order valence-electron chi connectivity index (χ1n) is 5.94. The summed E-state index contributed by atoms with van der Waals surface area (Å²) >= 11 is 5.84. The Bertz CT molecular complexity index is 833. The summed E-state index contributed by atoms with van der Waals surface area (Å²) in [5, 5.41) is 2.32. The number of halogens is 3. The second-order valence-electron chi connectivity index (χ2n) is 4.53. The van der Waals surface area contributed by atoms with Crippen LogP contribution in [0, 0.1) is 11.6 Å². The Morgan fingerprint density at radius 2 is 1.68 bits per heavy atom. The SMILES string of the molecule is CS(=O)(=O)c1ccc(NC(=O)c2cc(F)cc(F)c2)cc1Cl. The Kier molecular flexibility index (Phi) is 4.48. The smallest absolute Gasteiger partial charge is 0.255 e. The van der Waals surface area contributed by atoms with Crippen LogP contribution >= 0.6 is 11.6 Å². The third kappa shape index (κ3) is 3.80. The summed E-state index contributed by atoms with van der Waals surface area (Å²) in [5.74, 6) is -2.51. The van der Waals surface area contributed by atoms with Crippen molar-refractivity contribution in [2.24, 2.45) is 0 Å². The van der Waals surface area contributed by atoms with Gasteiger partial charge in [0.1, 0.15) is 11.6 Å². The third-order valence-corrected chi connectivity index (χ3v) is 4.29. The van der Waals surface area contributed by atoms with Gasteiger partial charge >= 0.3 is 0 Å². The molecule has 0 saturated carbocycles. The van der Waals surface area contributed by atoms with Gasteiger partial charge < -0.3 is 5.32 Å². The Morgan fingerprint density at radius 1 is 1.09 bits per heavy atom. The van der Waals surface area contributed by atoms with Crippen LogP contribution in [0.2, 0.25) is 5.02 Å². The van der Waals surface area contributed by atoms with E-state index in [2.05, 4.69) is 5.32 Å². The number of hydrogen-bond donors (Lipinski definition) is 1. The zero-order chi connectivity index (χ0) is 16.5. The monoisotopic (exact) mass is 345 g/mol. The van der Waals surface area contributed by atoms with Gasteiger partial charge in [-0.2, -0.15) is 0 Å². The van der Waals surface area contributed by atoms with Crippen LogP contribution in [0.15, 0.2) is 41.3 Å². The van der Waals surface area contributed by atoms with Gasteiger partial charge in [0, 0.05) is 23.6 Å². The average molecular weight is 346 g/mol. The standard InChI is InChI=1S/C14H10ClF2NO3S/c1-22(20,21)13-3-2-11(7-12(13)15)18-14(19)8-4-9(16)6-10(17)5-8/h2-7H,1H3,(H,18,19). The van der Waals surface area contributed by atoms with E-state index in [0.29, 0.717) is 6.07 Å². The number of amides is 1. The largest absolute Gasteiger partial charge is 0.322 e. The number of carbonyl (C=O) groups excluding carboxylic acids is 1. The molecule has 0 radical (unpaired) electrons. The molecule has 0 bridgehead atoms. The summed E-state index contributed by atoms with van der Waals surface area (Å²) in [6, 6.07) is 6.21. The van der Waals surface area contributed by atoms with E-state index in [0.717, 1.165) is 18.4 Å². The first-order chi connectivity index (χ1) is 10.2. The Labute approximate surface area is 130 Å². The minimum absolute atomic E-state index is 0.0641. The van der Waals surface area contributed by atoms with E-state index in [1.165, 1.54) is 18.2 Å². The molecule has 116 valence electrons. The van der Waals surface area contributed by atoms with Gasteiger partial charge in [0.05, 0.1) is 9.92 Å². The second-order valence-corrected chi connectivity index (χ2v) is 6.92. The highest BCUT2D eigenvalue weighted by Gasteiger charge is 2.14. The molecule has 0 spiro atoms. The highest BCUT2D eigenvalue weighted by Crippen LogP contribution is 2.25. The van der Waals surface area contributed by atoms with Gasteiger partial charge in [0.15, 0.2) is 9.84 Å². The van der Waals surface area contributed by atoms with Crippen molar-refractivity contribution in [1.82, 2.24) is 0 Å². The molecule has 4 nitrogen and oxygen atoms in total. The minimum Gasteiger partial charge on any atom is -0.322 e. The quantitative estimate of drug-likeness (QED) is 0.928. The summed E-state index contributed by atoms with van der Waals surface area (Å²) in [5.41, 5.74) is -0.00659. The maximum atomic E-state index is 13.1. The van der Waals surface area contributed by atoms with Crippen molar-refractivity contribution in [3.05, 3.63) is 58.6 Å². The van der Waals surface area contributed by atoms with Gasteiger partial charge in [0.25, 0.3) is 5.91 Å². The summed E-state index contributed by atoms with van der Waals surface area (Å²) in [6.07, 6.45) is 1.00. The van der Waals surface area contributed by atoms with Crippen LogP contribution in [-0.4, -0.2) is 20.6 Å². The number of anilines is 1. The van der Waals surface area contributed by atoms with Gasteiger partial charge in [-0.25, -0.2) is 17.2 Å². The molecule has 0 aliphatic heterocycles. The molecular weight excluding hydrogens is 336 g/mol. The van der Waals surface area contributed by atoms with Crippen molar-refractivity contribution in [1.29, 1.82) is 0 Å². The summed E-state index contributed by atoms with van der Waals surface area (Å²) in [7, 11) is -3.49. The molecule has 0 atom stereocenters. The minimum atomic E-state index is -3.49. The number of carbonyl (C=O) groups is 1. The van der Waals surface area contributed by atoms with Crippen LogP contribution in [0.5, 0.6) is 0 Å². The van der Waals surface area contributed by atoms with Crippen LogP contribution in [0.4, 0.5) is 14.5 Å². The first kappa shape index (κ1) is 16.4. The summed E-state index contributed by atoms with van der Waals surface area (Å²) < 4.78 is 49.0. The molecule has 0 aliphatic rings. The van der Waals surface area contributed by atoms with E-state index in [1.807, 2.05) is 0 Å². The molecule has 0 unspecified atom stereocenters. The van der Waals surface area contributed by atoms with Gasteiger partial charge in [-0.1, -0.05) is 11.6 Å². The van der Waals surface area contributed by atoms with Crippen LogP contribution in [0.1, 0.15) is 10.4 Å². The number of sulfone groups is 1. The van der Waals surface area contributed by atoms with E-state index in [1.54, 1.807) is 0 Å². The van der Waals surface area contributed by atoms with Crippen molar-refractivity contribution in [2.75, 3.05) is 11.6 Å². The Hall–Kier alpha value is -1.99. The summed E-state index contributed by atoms with van der Waals surface area (Å²) in [6.45, 7) is 0. The molecular formula is C14H10ClF2NO3S. The molecule has 22 heavy (non-hydrogen) atoms. The van der Waals surface area contributed by atoms with Crippen molar-refractivity contribution in [3.63, 3.8) is 0 Å². The average Bonchev–Trinajstić information content (AvgIpc) is 2.35. The molecule has 0 aliphatic carbocycles. The van der Waals surface area contributed by atoms with Gasteiger partial charge in [-0.05, 0) is 30.3 Å². The molecule has 0 heterocycles. The highest BCUT2D eigenvalue weighted by atomic mass is 35.5. The van der Waals surface area contributed by atoms with Gasteiger partial charge in [0.2, 0.25) is 0 Å². The number of rotatable bonds is 3. The fourth-order valence-corrected chi connectivity index (χ4v) is 3.10.